The molecule has 0 spiro atoms. The van der Waals surface area contributed by atoms with Gasteiger partial charge in [0.15, 0.2) is 0 Å². The van der Waals surface area contributed by atoms with E-state index in [9.17, 15) is 13.2 Å². The Hall–Kier alpha value is -2.75. The zero-order valence-electron chi connectivity index (χ0n) is 18.0. The molecule has 0 bridgehead atoms. The summed E-state index contributed by atoms with van der Waals surface area (Å²) >= 11 is 6.12. The molecule has 8 nitrogen and oxygen atoms in total. The highest BCUT2D eigenvalue weighted by atomic mass is 35.5. The minimum atomic E-state index is -3.67. The first-order valence-electron chi connectivity index (χ1n) is 10.1. The lowest BCUT2D eigenvalue weighted by atomic mass is 10.1. The lowest BCUT2D eigenvalue weighted by Crippen LogP contribution is -2.50. The first kappa shape index (κ1) is 22.4. The zero-order valence-corrected chi connectivity index (χ0v) is 19.6. The fraction of sp³-hybridized carbons (Fsp3) is 0.318. The molecule has 0 saturated carbocycles. The molecule has 1 aromatic heterocycles. The third-order valence-corrected chi connectivity index (χ3v) is 7.97. The van der Waals surface area contributed by atoms with Gasteiger partial charge in [0.2, 0.25) is 21.7 Å². The van der Waals surface area contributed by atoms with Crippen LogP contribution in [-0.4, -0.2) is 59.8 Å². The van der Waals surface area contributed by atoms with Crippen molar-refractivity contribution in [1.29, 1.82) is 0 Å². The topological polar surface area (TPSA) is 96.6 Å². The number of benzene rings is 2. The van der Waals surface area contributed by atoms with Crippen molar-refractivity contribution >= 4 is 27.5 Å². The van der Waals surface area contributed by atoms with Crippen molar-refractivity contribution in [2.75, 3.05) is 26.2 Å². The largest absolute Gasteiger partial charge is 0.339 e. The van der Waals surface area contributed by atoms with Crippen LogP contribution in [0.15, 0.2) is 45.8 Å². The Balaban J connectivity index is 1.44. The summed E-state index contributed by atoms with van der Waals surface area (Å²) in [7, 11) is -3.67. The van der Waals surface area contributed by atoms with Gasteiger partial charge in [-0.05, 0) is 49.2 Å². The molecule has 0 radical (unpaired) electrons. The highest BCUT2D eigenvalue weighted by Crippen LogP contribution is 2.27. The highest BCUT2D eigenvalue weighted by Gasteiger charge is 2.31. The number of hydrogen-bond acceptors (Lipinski definition) is 6. The Bertz CT molecular complexity index is 1260. The molecule has 0 N–H and O–H groups in total. The number of rotatable bonds is 4. The quantitative estimate of drug-likeness (QED) is 0.574. The van der Waals surface area contributed by atoms with Crippen molar-refractivity contribution in [1.82, 2.24) is 19.3 Å². The van der Waals surface area contributed by atoms with Gasteiger partial charge in [0, 0.05) is 49.3 Å². The molecular formula is C22H23ClN4O4S. The number of amides is 1. The normalized spacial score (nSPS) is 15.2. The van der Waals surface area contributed by atoms with Crippen LogP contribution >= 0.6 is 11.6 Å². The Morgan fingerprint density at radius 2 is 1.66 bits per heavy atom. The van der Waals surface area contributed by atoms with E-state index >= 15 is 0 Å². The van der Waals surface area contributed by atoms with Gasteiger partial charge in [-0.25, -0.2) is 8.42 Å². The standard InChI is InChI=1S/C22H23ClN4O4S/c1-14-13-20(15(2)12-19(14)23)32(29,30)27-10-8-26(9-11-27)22(28)18-6-4-17(5-7-18)21-24-16(3)31-25-21/h4-7,12-13H,8-11H2,1-3H3. The van der Waals surface area contributed by atoms with Crippen LogP contribution in [0.1, 0.15) is 27.4 Å². The lowest BCUT2D eigenvalue weighted by Gasteiger charge is -2.34. The number of carbonyl (C=O) groups excluding carboxylic acids is 1. The molecule has 168 valence electrons. The summed E-state index contributed by atoms with van der Waals surface area (Å²) in [5, 5.41) is 4.41. The van der Waals surface area contributed by atoms with Gasteiger partial charge in [0.25, 0.3) is 5.91 Å². The van der Waals surface area contributed by atoms with Crippen molar-refractivity contribution in [3.8, 4) is 11.4 Å². The number of sulfonamides is 1. The molecule has 1 amide bonds. The van der Waals surface area contributed by atoms with E-state index in [2.05, 4.69) is 10.1 Å². The zero-order chi connectivity index (χ0) is 23.0. The van der Waals surface area contributed by atoms with Crippen LogP contribution < -0.4 is 0 Å². The van der Waals surface area contributed by atoms with Gasteiger partial charge in [0.1, 0.15) is 0 Å². The molecule has 2 heterocycles. The van der Waals surface area contributed by atoms with Gasteiger partial charge >= 0.3 is 0 Å². The number of aryl methyl sites for hydroxylation is 3. The summed E-state index contributed by atoms with van der Waals surface area (Å²) in [5.41, 5.74) is 2.59. The SMILES string of the molecule is Cc1nc(-c2ccc(C(=O)N3CCN(S(=O)(=O)c4cc(C)c(Cl)cc4C)CC3)cc2)no1. The number of nitrogens with zero attached hydrogens (tertiary/aromatic N) is 4. The van der Waals surface area contributed by atoms with Crippen molar-refractivity contribution in [3.63, 3.8) is 0 Å². The lowest BCUT2D eigenvalue weighted by molar-refractivity contribution is 0.0698. The Morgan fingerprint density at radius 1 is 1.00 bits per heavy atom. The molecule has 1 aliphatic heterocycles. The fourth-order valence-electron chi connectivity index (χ4n) is 3.66. The molecule has 4 rings (SSSR count). The summed E-state index contributed by atoms with van der Waals surface area (Å²) in [6.07, 6.45) is 0. The predicted octanol–water partition coefficient (Wildman–Crippen LogP) is 3.46. The molecular weight excluding hydrogens is 452 g/mol. The van der Waals surface area contributed by atoms with E-state index in [1.54, 1.807) is 62.1 Å². The number of halogens is 1. The van der Waals surface area contributed by atoms with E-state index in [4.69, 9.17) is 16.1 Å². The van der Waals surface area contributed by atoms with E-state index in [1.807, 2.05) is 0 Å². The van der Waals surface area contributed by atoms with E-state index in [0.717, 1.165) is 5.56 Å². The summed E-state index contributed by atoms with van der Waals surface area (Å²) < 4.78 is 32.7. The highest BCUT2D eigenvalue weighted by molar-refractivity contribution is 7.89. The first-order valence-corrected chi connectivity index (χ1v) is 12.0. The minimum absolute atomic E-state index is 0.142. The smallest absolute Gasteiger partial charge is 0.253 e. The second-order valence-corrected chi connectivity index (χ2v) is 10.1. The molecule has 2 aromatic carbocycles. The monoisotopic (exact) mass is 474 g/mol. The van der Waals surface area contributed by atoms with Crippen LogP contribution in [-0.2, 0) is 10.0 Å². The summed E-state index contributed by atoms with van der Waals surface area (Å²) in [5.74, 6) is 0.793. The summed E-state index contributed by atoms with van der Waals surface area (Å²) in [4.78, 5) is 19.0. The maximum Gasteiger partial charge on any atom is 0.253 e. The maximum atomic E-state index is 13.2. The van der Waals surface area contributed by atoms with Gasteiger partial charge in [-0.2, -0.15) is 9.29 Å². The van der Waals surface area contributed by atoms with Gasteiger partial charge < -0.3 is 9.42 Å². The maximum absolute atomic E-state index is 13.2. The van der Waals surface area contributed by atoms with E-state index in [-0.39, 0.29) is 23.9 Å². The molecule has 10 heteroatoms. The number of carbonyl (C=O) groups is 1. The molecule has 0 unspecified atom stereocenters. The number of piperazine rings is 1. The third kappa shape index (κ3) is 4.28. The molecule has 1 aliphatic rings. The van der Waals surface area contributed by atoms with Crippen molar-refractivity contribution in [3.05, 3.63) is 64.0 Å². The minimum Gasteiger partial charge on any atom is -0.339 e. The molecule has 0 atom stereocenters. The molecule has 3 aromatic rings. The van der Waals surface area contributed by atoms with Gasteiger partial charge in [-0.15, -0.1) is 0 Å². The van der Waals surface area contributed by atoms with Gasteiger partial charge in [-0.1, -0.05) is 28.9 Å². The Kier molecular flexibility index (Phi) is 6.07. The summed E-state index contributed by atoms with van der Waals surface area (Å²) in [6, 6.07) is 10.2. The first-order chi connectivity index (χ1) is 15.2. The number of aromatic nitrogens is 2. The molecule has 1 fully saturated rings. The molecule has 0 aliphatic carbocycles. The average Bonchev–Trinajstić information content (AvgIpc) is 3.22. The summed E-state index contributed by atoms with van der Waals surface area (Å²) in [6.45, 7) is 6.32. The van der Waals surface area contributed by atoms with Crippen molar-refractivity contribution < 1.29 is 17.7 Å². The van der Waals surface area contributed by atoms with Gasteiger partial charge in [-0.3, -0.25) is 4.79 Å². The average molecular weight is 475 g/mol. The molecule has 1 saturated heterocycles. The Morgan fingerprint density at radius 3 is 2.25 bits per heavy atom. The second kappa shape index (κ2) is 8.65. The van der Waals surface area contributed by atoms with Crippen molar-refractivity contribution in [2.24, 2.45) is 0 Å². The van der Waals surface area contributed by atoms with Gasteiger partial charge in [0.05, 0.1) is 4.90 Å². The van der Waals surface area contributed by atoms with Crippen LogP contribution in [0.25, 0.3) is 11.4 Å². The fourth-order valence-corrected chi connectivity index (χ4v) is 5.60. The van der Waals surface area contributed by atoms with Crippen LogP contribution in [0.3, 0.4) is 0 Å². The van der Waals surface area contributed by atoms with Crippen LogP contribution in [0.4, 0.5) is 0 Å². The van der Waals surface area contributed by atoms with Crippen LogP contribution in [0, 0.1) is 20.8 Å². The number of hydrogen-bond donors (Lipinski definition) is 0. The predicted molar refractivity (Wildman–Crippen MR) is 120 cm³/mol. The van der Waals surface area contributed by atoms with E-state index < -0.39 is 10.0 Å². The van der Waals surface area contributed by atoms with Crippen LogP contribution in [0.5, 0.6) is 0 Å². The Labute approximate surface area is 191 Å². The third-order valence-electron chi connectivity index (χ3n) is 5.52. The van der Waals surface area contributed by atoms with Crippen molar-refractivity contribution in [2.45, 2.75) is 25.7 Å². The van der Waals surface area contributed by atoms with E-state index in [0.29, 0.717) is 46.5 Å². The molecule has 32 heavy (non-hydrogen) atoms. The van der Waals surface area contributed by atoms with Crippen LogP contribution in [0.2, 0.25) is 5.02 Å². The van der Waals surface area contributed by atoms with E-state index in [1.165, 1.54) is 4.31 Å². The second-order valence-electron chi connectivity index (χ2n) is 7.78.